The van der Waals surface area contributed by atoms with Crippen molar-refractivity contribution >= 4 is 29.7 Å². The zero-order chi connectivity index (χ0) is 27.8. The summed E-state index contributed by atoms with van der Waals surface area (Å²) in [5.41, 5.74) is 22.1. The lowest BCUT2D eigenvalue weighted by Gasteiger charge is -2.27. The maximum Gasteiger partial charge on any atom is 0.326 e. The minimum atomic E-state index is -1.17. The molecule has 0 rings (SSSR count). The van der Waals surface area contributed by atoms with Crippen molar-refractivity contribution in [1.82, 2.24) is 16.0 Å². The number of nitrogens with one attached hydrogen (secondary N) is 3. The first-order valence-corrected chi connectivity index (χ1v) is 12.4. The number of carboxylic acid groups (broad SMARTS) is 1. The molecular weight excluding hydrogens is 468 g/mol. The third-order valence-electron chi connectivity index (χ3n) is 5.45. The van der Waals surface area contributed by atoms with Crippen LogP contribution in [0.25, 0.3) is 0 Å². The molecule has 13 nitrogen and oxygen atoms in total. The van der Waals surface area contributed by atoms with Gasteiger partial charge in [-0.05, 0) is 50.5 Å². The maximum atomic E-state index is 13.1. The number of hydrogen-bond donors (Lipinski definition) is 8. The summed E-state index contributed by atoms with van der Waals surface area (Å²) in [5.74, 6) is -3.25. The van der Waals surface area contributed by atoms with Crippen molar-refractivity contribution in [2.45, 2.75) is 90.4 Å². The normalized spacial score (nSPS) is 14.4. The number of aliphatic imine (C=N–C) groups is 1. The van der Waals surface area contributed by atoms with Crippen LogP contribution < -0.4 is 38.9 Å². The number of carbonyl (C=O) groups is 4. The molecule has 0 aromatic carbocycles. The Balaban J connectivity index is 5.50. The average molecular weight is 515 g/mol. The van der Waals surface area contributed by atoms with Gasteiger partial charge in [0.25, 0.3) is 0 Å². The zero-order valence-electron chi connectivity index (χ0n) is 22.0. The number of amides is 3. The van der Waals surface area contributed by atoms with Crippen molar-refractivity contribution in [1.29, 1.82) is 0 Å². The number of guanidine groups is 1. The minimum absolute atomic E-state index is 0.0240. The number of carbonyl (C=O) groups excluding carboxylic acids is 3. The summed E-state index contributed by atoms with van der Waals surface area (Å²) >= 11 is 0. The van der Waals surface area contributed by atoms with E-state index in [1.165, 1.54) is 0 Å². The Morgan fingerprint density at radius 1 is 0.833 bits per heavy atom. The number of nitrogens with two attached hydrogens (primary N) is 4. The zero-order valence-corrected chi connectivity index (χ0v) is 22.0. The molecule has 0 radical (unpaired) electrons. The molecular formula is C23H46N8O5. The largest absolute Gasteiger partial charge is 0.480 e. The predicted molar refractivity (Wildman–Crippen MR) is 139 cm³/mol. The van der Waals surface area contributed by atoms with Gasteiger partial charge in [0, 0.05) is 6.54 Å². The number of nitrogens with zero attached hydrogens (tertiary/aromatic N) is 1. The smallest absolute Gasteiger partial charge is 0.326 e. The van der Waals surface area contributed by atoms with E-state index in [9.17, 15) is 24.3 Å². The van der Waals surface area contributed by atoms with Crippen LogP contribution in [0, 0.1) is 11.8 Å². The molecule has 0 saturated carbocycles. The van der Waals surface area contributed by atoms with Gasteiger partial charge in [-0.15, -0.1) is 0 Å². The fraction of sp³-hybridized carbons (Fsp3) is 0.783. The standard InChI is InChI=1S/C23H46N8O5/c1-13(2)12-17(22(35)36)30-20(33)16(9-7-11-28-23(26)27)29-21(34)18(14(3)4)31-19(32)15(25)8-5-6-10-24/h13-18H,5-12,24-25H2,1-4H3,(H,29,34)(H,30,33)(H,31,32)(H,35,36)(H4,26,27,28). The van der Waals surface area contributed by atoms with Crippen LogP contribution >= 0.6 is 0 Å². The summed E-state index contributed by atoms with van der Waals surface area (Å²) in [5, 5.41) is 17.3. The van der Waals surface area contributed by atoms with Gasteiger partial charge >= 0.3 is 5.97 Å². The van der Waals surface area contributed by atoms with Crippen LogP contribution in [-0.2, 0) is 19.2 Å². The minimum Gasteiger partial charge on any atom is -0.480 e. The monoisotopic (exact) mass is 514 g/mol. The van der Waals surface area contributed by atoms with Crippen molar-refractivity contribution in [3.8, 4) is 0 Å². The fourth-order valence-corrected chi connectivity index (χ4v) is 3.43. The Labute approximate surface area is 213 Å². The molecule has 4 unspecified atom stereocenters. The summed E-state index contributed by atoms with van der Waals surface area (Å²) < 4.78 is 0. The Bertz CT molecular complexity index is 740. The summed E-state index contributed by atoms with van der Waals surface area (Å²) in [7, 11) is 0. The van der Waals surface area contributed by atoms with Crippen LogP contribution in [0.4, 0.5) is 0 Å². The third-order valence-corrected chi connectivity index (χ3v) is 5.45. The van der Waals surface area contributed by atoms with Crippen molar-refractivity contribution in [2.75, 3.05) is 13.1 Å². The summed E-state index contributed by atoms with van der Waals surface area (Å²) in [6.07, 6.45) is 2.57. The number of hydrogen-bond acceptors (Lipinski definition) is 7. The van der Waals surface area contributed by atoms with Crippen LogP contribution in [0.1, 0.15) is 66.2 Å². The van der Waals surface area contributed by atoms with Crippen LogP contribution in [0.5, 0.6) is 0 Å². The molecule has 4 atom stereocenters. The lowest BCUT2D eigenvalue weighted by atomic mass is 10.0. The first kappa shape index (κ1) is 33.1. The van der Waals surface area contributed by atoms with E-state index >= 15 is 0 Å². The maximum absolute atomic E-state index is 13.1. The second-order valence-corrected chi connectivity index (χ2v) is 9.66. The molecule has 0 fully saturated rings. The Hall–Kier alpha value is -2.93. The topological polar surface area (TPSA) is 241 Å². The SMILES string of the molecule is CC(C)CC(NC(=O)C(CCCN=C(N)N)NC(=O)C(NC(=O)C(N)CCCCN)C(C)C)C(=O)O. The Morgan fingerprint density at radius 3 is 1.94 bits per heavy atom. The van der Waals surface area contributed by atoms with Gasteiger partial charge in [0.1, 0.15) is 18.1 Å². The van der Waals surface area contributed by atoms with Crippen LogP contribution in [0.2, 0.25) is 0 Å². The van der Waals surface area contributed by atoms with Crippen molar-refractivity contribution in [3.63, 3.8) is 0 Å². The molecule has 0 heterocycles. The van der Waals surface area contributed by atoms with Gasteiger partial charge in [-0.2, -0.15) is 0 Å². The van der Waals surface area contributed by atoms with E-state index in [4.69, 9.17) is 22.9 Å². The second-order valence-electron chi connectivity index (χ2n) is 9.66. The summed E-state index contributed by atoms with van der Waals surface area (Å²) in [6, 6.07) is -3.91. The number of aliphatic carboxylic acids is 1. The van der Waals surface area contributed by atoms with Crippen LogP contribution in [0.3, 0.4) is 0 Å². The first-order valence-electron chi connectivity index (χ1n) is 12.4. The number of carboxylic acids is 1. The molecule has 0 aromatic rings. The van der Waals surface area contributed by atoms with Crippen molar-refractivity contribution in [3.05, 3.63) is 0 Å². The molecule has 13 heteroatoms. The molecule has 0 aliphatic heterocycles. The lowest BCUT2D eigenvalue weighted by Crippen LogP contribution is -2.58. The highest BCUT2D eigenvalue weighted by atomic mass is 16.4. The Kier molecular flexibility index (Phi) is 16.1. The molecule has 3 amide bonds. The van der Waals surface area contributed by atoms with E-state index < -0.39 is 47.9 Å². The van der Waals surface area contributed by atoms with Gasteiger partial charge in [-0.3, -0.25) is 19.4 Å². The number of unbranched alkanes of at least 4 members (excludes halogenated alkanes) is 1. The van der Waals surface area contributed by atoms with E-state index in [0.29, 0.717) is 25.8 Å². The predicted octanol–water partition coefficient (Wildman–Crippen LogP) is -1.26. The van der Waals surface area contributed by atoms with E-state index in [2.05, 4.69) is 20.9 Å². The van der Waals surface area contributed by atoms with E-state index in [-0.39, 0.29) is 37.2 Å². The molecule has 0 aliphatic rings. The molecule has 0 aromatic heterocycles. The Morgan fingerprint density at radius 2 is 1.44 bits per heavy atom. The van der Waals surface area contributed by atoms with Crippen LogP contribution in [-0.4, -0.2) is 72.0 Å². The molecule has 208 valence electrons. The van der Waals surface area contributed by atoms with E-state index in [1.54, 1.807) is 13.8 Å². The van der Waals surface area contributed by atoms with Crippen LogP contribution in [0.15, 0.2) is 4.99 Å². The van der Waals surface area contributed by atoms with Gasteiger partial charge in [-0.25, -0.2) is 4.79 Å². The molecule has 12 N–H and O–H groups in total. The lowest BCUT2D eigenvalue weighted by molar-refractivity contribution is -0.143. The molecule has 0 saturated heterocycles. The van der Waals surface area contributed by atoms with Gasteiger partial charge in [0.2, 0.25) is 17.7 Å². The van der Waals surface area contributed by atoms with E-state index in [0.717, 1.165) is 6.42 Å². The van der Waals surface area contributed by atoms with Crippen molar-refractivity contribution < 1.29 is 24.3 Å². The third kappa shape index (κ3) is 13.8. The van der Waals surface area contributed by atoms with Gasteiger partial charge in [0.15, 0.2) is 5.96 Å². The van der Waals surface area contributed by atoms with E-state index in [1.807, 2.05) is 13.8 Å². The fourth-order valence-electron chi connectivity index (χ4n) is 3.43. The molecule has 0 spiro atoms. The molecule has 36 heavy (non-hydrogen) atoms. The summed E-state index contributed by atoms with van der Waals surface area (Å²) in [4.78, 5) is 54.1. The highest BCUT2D eigenvalue weighted by molar-refractivity contribution is 5.94. The molecule has 0 aliphatic carbocycles. The summed E-state index contributed by atoms with van der Waals surface area (Å²) in [6.45, 7) is 7.90. The highest BCUT2D eigenvalue weighted by Crippen LogP contribution is 2.09. The number of rotatable bonds is 18. The molecule has 0 bridgehead atoms. The second kappa shape index (κ2) is 17.5. The first-order chi connectivity index (χ1) is 16.8. The van der Waals surface area contributed by atoms with Gasteiger partial charge in [-0.1, -0.05) is 34.1 Å². The van der Waals surface area contributed by atoms with Gasteiger partial charge < -0.3 is 44.0 Å². The van der Waals surface area contributed by atoms with Crippen molar-refractivity contribution in [2.24, 2.45) is 39.8 Å². The van der Waals surface area contributed by atoms with Gasteiger partial charge in [0.05, 0.1) is 6.04 Å². The average Bonchev–Trinajstić information content (AvgIpc) is 2.77. The quantitative estimate of drug-likeness (QED) is 0.0617. The highest BCUT2D eigenvalue weighted by Gasteiger charge is 2.31.